The van der Waals surface area contributed by atoms with Crippen LogP contribution in [0.15, 0.2) is 42.5 Å². The summed E-state index contributed by atoms with van der Waals surface area (Å²) < 4.78 is 6.21. The molecule has 2 atom stereocenters. The molecule has 2 aromatic rings. The van der Waals surface area contributed by atoms with Crippen molar-refractivity contribution in [3.63, 3.8) is 0 Å². The molecule has 0 fully saturated rings. The molecule has 3 heteroatoms. The Morgan fingerprint density at radius 3 is 2.67 bits per heavy atom. The summed E-state index contributed by atoms with van der Waals surface area (Å²) in [6.45, 7) is 5.21. The average Bonchev–Trinajstić information content (AvgIpc) is 2.48. The average molecular weight is 302 g/mol. The third-order valence-electron chi connectivity index (χ3n) is 3.95. The number of fused-ring (bicyclic) bond motifs is 1. The van der Waals surface area contributed by atoms with Gasteiger partial charge in [-0.2, -0.15) is 0 Å². The Labute approximate surface area is 131 Å². The van der Waals surface area contributed by atoms with Crippen LogP contribution in [0, 0.1) is 6.92 Å². The van der Waals surface area contributed by atoms with Gasteiger partial charge >= 0.3 is 0 Å². The summed E-state index contributed by atoms with van der Waals surface area (Å²) in [5.41, 5.74) is 3.71. The zero-order chi connectivity index (χ0) is 14.8. The molecule has 0 saturated carbocycles. The second kappa shape index (κ2) is 6.08. The van der Waals surface area contributed by atoms with Gasteiger partial charge in [-0.1, -0.05) is 48.4 Å². The molecule has 0 spiro atoms. The van der Waals surface area contributed by atoms with Gasteiger partial charge in [-0.05, 0) is 37.2 Å². The van der Waals surface area contributed by atoms with Crippen LogP contribution in [0.2, 0.25) is 5.02 Å². The number of rotatable bonds is 3. The van der Waals surface area contributed by atoms with Crippen molar-refractivity contribution in [1.29, 1.82) is 0 Å². The van der Waals surface area contributed by atoms with Crippen LogP contribution >= 0.6 is 11.6 Å². The van der Waals surface area contributed by atoms with E-state index in [0.717, 1.165) is 23.7 Å². The van der Waals surface area contributed by atoms with Crippen molar-refractivity contribution < 1.29 is 4.74 Å². The van der Waals surface area contributed by atoms with Gasteiger partial charge in [0, 0.05) is 23.0 Å². The van der Waals surface area contributed by atoms with Crippen LogP contribution in [0.25, 0.3) is 0 Å². The summed E-state index contributed by atoms with van der Waals surface area (Å²) in [6, 6.07) is 14.7. The summed E-state index contributed by atoms with van der Waals surface area (Å²) in [5.74, 6) is 0.984. The van der Waals surface area contributed by atoms with E-state index in [4.69, 9.17) is 16.3 Å². The van der Waals surface area contributed by atoms with Crippen LogP contribution in [0.1, 0.15) is 42.2 Å². The van der Waals surface area contributed by atoms with Crippen LogP contribution in [-0.2, 0) is 0 Å². The van der Waals surface area contributed by atoms with Crippen molar-refractivity contribution in [1.82, 2.24) is 5.32 Å². The van der Waals surface area contributed by atoms with Crippen LogP contribution < -0.4 is 10.1 Å². The summed E-state index contributed by atoms with van der Waals surface area (Å²) in [7, 11) is 0. The number of aryl methyl sites for hydroxylation is 1. The third-order valence-corrected chi connectivity index (χ3v) is 4.20. The van der Waals surface area contributed by atoms with E-state index >= 15 is 0 Å². The van der Waals surface area contributed by atoms with E-state index in [-0.39, 0.29) is 6.10 Å². The molecule has 1 N–H and O–H groups in total. The predicted molar refractivity (Wildman–Crippen MR) is 87.0 cm³/mol. The van der Waals surface area contributed by atoms with Gasteiger partial charge in [0.15, 0.2) is 0 Å². The minimum Gasteiger partial charge on any atom is -0.485 e. The van der Waals surface area contributed by atoms with Gasteiger partial charge in [0.05, 0.1) is 0 Å². The van der Waals surface area contributed by atoms with Gasteiger partial charge < -0.3 is 10.1 Å². The molecule has 1 aliphatic heterocycles. The van der Waals surface area contributed by atoms with E-state index in [1.165, 1.54) is 16.7 Å². The predicted octanol–water partition coefficient (Wildman–Crippen LogP) is 4.82. The van der Waals surface area contributed by atoms with E-state index in [1.54, 1.807) is 0 Å². The van der Waals surface area contributed by atoms with Crippen LogP contribution in [0.3, 0.4) is 0 Å². The molecule has 0 aromatic heterocycles. The van der Waals surface area contributed by atoms with Crippen molar-refractivity contribution in [2.24, 2.45) is 0 Å². The summed E-state index contributed by atoms with van der Waals surface area (Å²) in [6.07, 6.45) is 1.01. The Bertz CT molecular complexity index is 624. The van der Waals surface area contributed by atoms with Crippen molar-refractivity contribution >= 4 is 11.6 Å². The topological polar surface area (TPSA) is 21.3 Å². The molecule has 110 valence electrons. The fourth-order valence-corrected chi connectivity index (χ4v) is 3.04. The van der Waals surface area contributed by atoms with Crippen molar-refractivity contribution in [3.05, 3.63) is 64.2 Å². The smallest absolute Gasteiger partial charge is 0.126 e. The fourth-order valence-electron chi connectivity index (χ4n) is 2.91. The van der Waals surface area contributed by atoms with Crippen molar-refractivity contribution in [2.45, 2.75) is 32.4 Å². The highest BCUT2D eigenvalue weighted by Crippen LogP contribution is 2.41. The van der Waals surface area contributed by atoms with E-state index in [1.807, 2.05) is 12.1 Å². The first-order valence-electron chi connectivity index (χ1n) is 7.43. The quantitative estimate of drug-likeness (QED) is 0.877. The molecular formula is C18H20ClNO. The monoisotopic (exact) mass is 301 g/mol. The van der Waals surface area contributed by atoms with Gasteiger partial charge in [0.25, 0.3) is 0 Å². The first-order valence-corrected chi connectivity index (χ1v) is 7.81. The third kappa shape index (κ3) is 3.07. The molecule has 2 unspecified atom stereocenters. The molecule has 0 radical (unpaired) electrons. The zero-order valence-corrected chi connectivity index (χ0v) is 13.2. The number of benzene rings is 2. The molecular weight excluding hydrogens is 282 g/mol. The lowest BCUT2D eigenvalue weighted by Gasteiger charge is -2.33. The van der Waals surface area contributed by atoms with Gasteiger partial charge in [-0.25, -0.2) is 0 Å². The SMILES string of the molecule is CCNC1CC(c2ccc(Cl)cc2)Oc2ccc(C)cc21. The van der Waals surface area contributed by atoms with E-state index in [2.05, 4.69) is 49.5 Å². The van der Waals surface area contributed by atoms with Crippen molar-refractivity contribution in [3.8, 4) is 5.75 Å². The first kappa shape index (κ1) is 14.4. The molecule has 0 saturated heterocycles. The second-order valence-electron chi connectivity index (χ2n) is 5.55. The van der Waals surface area contributed by atoms with E-state index in [0.29, 0.717) is 6.04 Å². The highest BCUT2D eigenvalue weighted by Gasteiger charge is 2.28. The van der Waals surface area contributed by atoms with Crippen LogP contribution in [-0.4, -0.2) is 6.54 Å². The van der Waals surface area contributed by atoms with Gasteiger partial charge in [-0.15, -0.1) is 0 Å². The number of hydrogen-bond acceptors (Lipinski definition) is 2. The summed E-state index contributed by atoms with van der Waals surface area (Å²) in [5, 5.41) is 4.33. The minimum absolute atomic E-state index is 0.0709. The number of hydrogen-bond donors (Lipinski definition) is 1. The standard InChI is InChI=1S/C18H20ClNO/c1-3-20-16-11-18(13-5-7-14(19)8-6-13)21-17-9-4-12(2)10-15(16)17/h4-10,16,18,20H,3,11H2,1-2H3. The van der Waals surface area contributed by atoms with E-state index < -0.39 is 0 Å². The summed E-state index contributed by atoms with van der Waals surface area (Å²) >= 11 is 5.97. The lowest BCUT2D eigenvalue weighted by Crippen LogP contribution is -2.29. The van der Waals surface area contributed by atoms with E-state index in [9.17, 15) is 0 Å². The first-order chi connectivity index (χ1) is 10.2. The van der Waals surface area contributed by atoms with Gasteiger partial charge in [0.2, 0.25) is 0 Å². The molecule has 21 heavy (non-hydrogen) atoms. The molecule has 3 rings (SSSR count). The van der Waals surface area contributed by atoms with Gasteiger partial charge in [0.1, 0.15) is 11.9 Å². The minimum atomic E-state index is 0.0709. The zero-order valence-electron chi connectivity index (χ0n) is 12.4. The Morgan fingerprint density at radius 1 is 1.19 bits per heavy atom. The lowest BCUT2D eigenvalue weighted by atomic mass is 9.92. The fraction of sp³-hybridized carbons (Fsp3) is 0.333. The molecule has 1 heterocycles. The maximum atomic E-state index is 6.21. The summed E-state index contributed by atoms with van der Waals surface area (Å²) in [4.78, 5) is 0. The number of halogens is 1. The normalized spacial score (nSPS) is 20.7. The highest BCUT2D eigenvalue weighted by atomic mass is 35.5. The lowest BCUT2D eigenvalue weighted by molar-refractivity contribution is 0.152. The Morgan fingerprint density at radius 2 is 1.95 bits per heavy atom. The molecule has 1 aliphatic rings. The Kier molecular flexibility index (Phi) is 4.18. The van der Waals surface area contributed by atoms with Gasteiger partial charge in [-0.3, -0.25) is 0 Å². The molecule has 2 aromatic carbocycles. The van der Waals surface area contributed by atoms with Crippen molar-refractivity contribution in [2.75, 3.05) is 6.54 Å². The molecule has 0 aliphatic carbocycles. The second-order valence-corrected chi connectivity index (χ2v) is 5.98. The number of ether oxygens (including phenoxy) is 1. The maximum absolute atomic E-state index is 6.21. The van der Waals surface area contributed by atoms with Crippen LogP contribution in [0.4, 0.5) is 0 Å². The highest BCUT2D eigenvalue weighted by molar-refractivity contribution is 6.30. The number of nitrogens with one attached hydrogen (secondary N) is 1. The van der Waals surface area contributed by atoms with Crippen LogP contribution in [0.5, 0.6) is 5.75 Å². The molecule has 0 amide bonds. The molecule has 2 nitrogen and oxygen atoms in total. The maximum Gasteiger partial charge on any atom is 0.126 e. The largest absolute Gasteiger partial charge is 0.485 e. The molecule has 0 bridgehead atoms. The Hall–Kier alpha value is -1.51. The Balaban J connectivity index is 1.93.